The van der Waals surface area contributed by atoms with E-state index in [2.05, 4.69) is 42.3 Å². The van der Waals surface area contributed by atoms with Crippen molar-refractivity contribution in [1.82, 2.24) is 4.90 Å². The highest BCUT2D eigenvalue weighted by molar-refractivity contribution is 5.22. The molecule has 2 nitrogen and oxygen atoms in total. The first kappa shape index (κ1) is 17.2. The van der Waals surface area contributed by atoms with Gasteiger partial charge in [0.25, 0.3) is 0 Å². The predicted molar refractivity (Wildman–Crippen MR) is 97.1 cm³/mol. The molecular formula is C21H25NO. The molecule has 0 bridgehead atoms. The van der Waals surface area contributed by atoms with E-state index >= 15 is 0 Å². The summed E-state index contributed by atoms with van der Waals surface area (Å²) < 4.78 is 0. The Morgan fingerprint density at radius 2 is 1.52 bits per heavy atom. The number of nitrogens with zero attached hydrogens (tertiary/aromatic N) is 1. The molecule has 0 unspecified atom stereocenters. The van der Waals surface area contributed by atoms with Crippen LogP contribution in [-0.2, 0) is 6.54 Å². The molecule has 2 aromatic rings. The summed E-state index contributed by atoms with van der Waals surface area (Å²) in [6.45, 7) is 9.12. The van der Waals surface area contributed by atoms with Crippen molar-refractivity contribution in [3.8, 4) is 0 Å². The van der Waals surface area contributed by atoms with E-state index in [4.69, 9.17) is 0 Å². The van der Waals surface area contributed by atoms with Crippen LogP contribution in [0.5, 0.6) is 0 Å². The van der Waals surface area contributed by atoms with Crippen LogP contribution in [0.3, 0.4) is 0 Å². The van der Waals surface area contributed by atoms with Gasteiger partial charge in [0.1, 0.15) is 0 Å². The van der Waals surface area contributed by atoms with Crippen LogP contribution in [0, 0.1) is 0 Å². The Labute approximate surface area is 139 Å². The summed E-state index contributed by atoms with van der Waals surface area (Å²) in [4.78, 5) is 2.26. The van der Waals surface area contributed by atoms with Crippen molar-refractivity contribution in [3.05, 3.63) is 97.1 Å². The molecule has 120 valence electrons. The van der Waals surface area contributed by atoms with Crippen LogP contribution in [0.1, 0.15) is 23.6 Å². The van der Waals surface area contributed by atoms with E-state index in [0.717, 1.165) is 12.1 Å². The monoisotopic (exact) mass is 307 g/mol. The van der Waals surface area contributed by atoms with Crippen LogP contribution >= 0.6 is 0 Å². The molecular weight excluding hydrogens is 282 g/mol. The Bertz CT molecular complexity index is 594. The van der Waals surface area contributed by atoms with Gasteiger partial charge in [-0.25, -0.2) is 0 Å². The fourth-order valence-electron chi connectivity index (χ4n) is 2.89. The summed E-state index contributed by atoms with van der Waals surface area (Å²) >= 11 is 0. The minimum atomic E-state index is -0.501. The normalized spacial score (nSPS) is 13.5. The third-order valence-corrected chi connectivity index (χ3v) is 3.90. The van der Waals surface area contributed by atoms with Gasteiger partial charge in [-0.1, -0.05) is 72.8 Å². The molecule has 0 spiro atoms. The van der Waals surface area contributed by atoms with Gasteiger partial charge < -0.3 is 5.11 Å². The molecule has 0 aliphatic heterocycles. The maximum absolute atomic E-state index is 10.7. The van der Waals surface area contributed by atoms with Crippen LogP contribution in [-0.4, -0.2) is 22.7 Å². The van der Waals surface area contributed by atoms with Gasteiger partial charge >= 0.3 is 0 Å². The van der Waals surface area contributed by atoms with Crippen LogP contribution in [0.4, 0.5) is 0 Å². The van der Waals surface area contributed by atoms with Crippen molar-refractivity contribution in [2.24, 2.45) is 0 Å². The smallest absolute Gasteiger partial charge is 0.0771 e. The Morgan fingerprint density at radius 3 is 2.09 bits per heavy atom. The SMILES string of the molecule is C=CC[C@H](O)[C@@H](c1ccccc1)N(CC=C)Cc1ccccc1. The minimum absolute atomic E-state index is 0.0904. The second kappa shape index (κ2) is 9.09. The molecule has 1 N–H and O–H groups in total. The second-order valence-corrected chi connectivity index (χ2v) is 5.65. The van der Waals surface area contributed by atoms with Crippen molar-refractivity contribution in [2.45, 2.75) is 25.1 Å². The average Bonchev–Trinajstić information content (AvgIpc) is 2.57. The summed E-state index contributed by atoms with van der Waals surface area (Å²) in [6, 6.07) is 20.4. The van der Waals surface area contributed by atoms with E-state index in [1.54, 1.807) is 6.08 Å². The predicted octanol–water partition coefficient (Wildman–Crippen LogP) is 4.35. The van der Waals surface area contributed by atoms with Crippen LogP contribution in [0.25, 0.3) is 0 Å². The molecule has 0 heterocycles. The maximum Gasteiger partial charge on any atom is 0.0771 e. The van der Waals surface area contributed by atoms with Crippen LogP contribution in [0.2, 0.25) is 0 Å². The molecule has 0 saturated carbocycles. The standard InChI is InChI=1S/C21H25NO/c1-3-11-20(23)21(19-14-9-6-10-15-19)22(16-4-2)17-18-12-7-5-8-13-18/h3-10,12-15,20-21,23H,1-2,11,16-17H2/t20-,21+/m0/s1. The number of hydrogen-bond donors (Lipinski definition) is 1. The number of benzene rings is 2. The molecule has 2 aromatic carbocycles. The second-order valence-electron chi connectivity index (χ2n) is 5.65. The molecule has 2 heteroatoms. The largest absolute Gasteiger partial charge is 0.391 e. The third-order valence-electron chi connectivity index (χ3n) is 3.90. The van der Waals surface area contributed by atoms with E-state index in [1.807, 2.05) is 42.5 Å². The molecule has 2 atom stereocenters. The molecule has 0 aromatic heterocycles. The maximum atomic E-state index is 10.7. The molecule has 2 rings (SSSR count). The molecule has 0 aliphatic carbocycles. The van der Waals surface area contributed by atoms with Gasteiger partial charge in [0.05, 0.1) is 12.1 Å². The van der Waals surface area contributed by atoms with Crippen molar-refractivity contribution < 1.29 is 5.11 Å². The Balaban J connectivity index is 2.31. The first-order valence-electron chi connectivity index (χ1n) is 7.99. The van der Waals surface area contributed by atoms with Gasteiger partial charge in [0.2, 0.25) is 0 Å². The zero-order chi connectivity index (χ0) is 16.5. The number of hydrogen-bond acceptors (Lipinski definition) is 2. The first-order valence-corrected chi connectivity index (χ1v) is 7.99. The summed E-state index contributed by atoms with van der Waals surface area (Å²) in [6.07, 6.45) is 3.72. The van der Waals surface area contributed by atoms with E-state index in [-0.39, 0.29) is 6.04 Å². The Morgan fingerprint density at radius 1 is 0.913 bits per heavy atom. The fraction of sp³-hybridized carbons (Fsp3) is 0.238. The summed E-state index contributed by atoms with van der Waals surface area (Å²) in [7, 11) is 0. The van der Waals surface area contributed by atoms with Crippen molar-refractivity contribution in [2.75, 3.05) is 6.54 Å². The topological polar surface area (TPSA) is 23.5 Å². The lowest BCUT2D eigenvalue weighted by Crippen LogP contribution is -2.36. The van der Waals surface area contributed by atoms with E-state index in [0.29, 0.717) is 13.0 Å². The third kappa shape index (κ3) is 4.92. The van der Waals surface area contributed by atoms with Gasteiger partial charge in [0.15, 0.2) is 0 Å². The van der Waals surface area contributed by atoms with Gasteiger partial charge in [0, 0.05) is 13.1 Å². The molecule has 0 aliphatic rings. The quantitative estimate of drug-likeness (QED) is 0.696. The highest BCUT2D eigenvalue weighted by Crippen LogP contribution is 2.28. The number of aliphatic hydroxyl groups excluding tert-OH is 1. The van der Waals surface area contributed by atoms with E-state index in [9.17, 15) is 5.11 Å². The van der Waals surface area contributed by atoms with Gasteiger partial charge in [-0.2, -0.15) is 0 Å². The number of aliphatic hydroxyl groups is 1. The Kier molecular flexibility index (Phi) is 6.79. The first-order chi connectivity index (χ1) is 11.3. The molecule has 0 fully saturated rings. The fourth-order valence-corrected chi connectivity index (χ4v) is 2.89. The molecule has 0 saturated heterocycles. The van der Waals surface area contributed by atoms with Crippen molar-refractivity contribution in [1.29, 1.82) is 0 Å². The minimum Gasteiger partial charge on any atom is -0.391 e. The van der Waals surface area contributed by atoms with E-state index in [1.165, 1.54) is 5.56 Å². The van der Waals surface area contributed by atoms with Gasteiger partial charge in [-0.3, -0.25) is 4.90 Å². The highest BCUT2D eigenvalue weighted by atomic mass is 16.3. The van der Waals surface area contributed by atoms with Crippen LogP contribution in [0.15, 0.2) is 86.0 Å². The zero-order valence-corrected chi connectivity index (χ0v) is 13.5. The Hall–Kier alpha value is -2.16. The molecule has 23 heavy (non-hydrogen) atoms. The summed E-state index contributed by atoms with van der Waals surface area (Å²) in [5.74, 6) is 0. The van der Waals surface area contributed by atoms with Gasteiger partial charge in [-0.15, -0.1) is 13.2 Å². The summed E-state index contributed by atoms with van der Waals surface area (Å²) in [5.41, 5.74) is 2.33. The highest BCUT2D eigenvalue weighted by Gasteiger charge is 2.26. The molecule has 0 amide bonds. The average molecular weight is 307 g/mol. The van der Waals surface area contributed by atoms with Crippen molar-refractivity contribution in [3.63, 3.8) is 0 Å². The lowest BCUT2D eigenvalue weighted by Gasteiger charge is -2.34. The number of rotatable bonds is 9. The lowest BCUT2D eigenvalue weighted by molar-refractivity contribution is 0.0520. The molecule has 0 radical (unpaired) electrons. The zero-order valence-electron chi connectivity index (χ0n) is 13.5. The lowest BCUT2D eigenvalue weighted by atomic mass is 9.96. The summed E-state index contributed by atoms with van der Waals surface area (Å²) in [5, 5.41) is 10.7. The van der Waals surface area contributed by atoms with E-state index < -0.39 is 6.10 Å². The van der Waals surface area contributed by atoms with Crippen molar-refractivity contribution >= 4 is 0 Å². The van der Waals surface area contributed by atoms with Gasteiger partial charge in [-0.05, 0) is 17.5 Å². The van der Waals surface area contributed by atoms with Crippen LogP contribution < -0.4 is 0 Å².